The van der Waals surface area contributed by atoms with Gasteiger partial charge in [0.1, 0.15) is 0 Å². The molecular weight excluding hydrogens is 326 g/mol. The molecule has 0 spiro atoms. The summed E-state index contributed by atoms with van der Waals surface area (Å²) in [5, 5.41) is 4.20. The Morgan fingerprint density at radius 2 is 1.92 bits per heavy atom. The maximum absolute atomic E-state index is 13.3. The van der Waals surface area contributed by atoms with Crippen molar-refractivity contribution >= 4 is 5.91 Å². The summed E-state index contributed by atoms with van der Waals surface area (Å²) in [4.78, 5) is 19.9. The van der Waals surface area contributed by atoms with Crippen LogP contribution in [0.2, 0.25) is 0 Å². The van der Waals surface area contributed by atoms with E-state index in [-0.39, 0.29) is 17.7 Å². The smallest absolute Gasteiger partial charge is 0.230 e. The standard InChI is InChI=1S/C21H25N3O2/c1-24(12-13-5-3-2-4-6-13)21(25)18-16-10-9-15(11-16)17(18)20-22-19(23-26-20)14-7-8-14/h2-6,14-18H,7-12H2,1H3/t15-,16+,17+,18+/m1/s1. The van der Waals surface area contributed by atoms with Crippen LogP contribution in [0.1, 0.15) is 61.2 Å². The van der Waals surface area contributed by atoms with Gasteiger partial charge in [0.2, 0.25) is 11.8 Å². The molecule has 136 valence electrons. The third kappa shape index (κ3) is 2.74. The van der Waals surface area contributed by atoms with Crippen molar-refractivity contribution in [3.05, 3.63) is 47.6 Å². The maximum Gasteiger partial charge on any atom is 0.230 e. The van der Waals surface area contributed by atoms with Gasteiger partial charge in [-0.1, -0.05) is 35.5 Å². The molecule has 0 aliphatic heterocycles. The number of amides is 1. The minimum atomic E-state index is -0.00466. The van der Waals surface area contributed by atoms with Crippen LogP contribution in [0.3, 0.4) is 0 Å². The van der Waals surface area contributed by atoms with E-state index < -0.39 is 0 Å². The number of nitrogens with zero attached hydrogens (tertiary/aromatic N) is 3. The van der Waals surface area contributed by atoms with Crippen molar-refractivity contribution in [1.29, 1.82) is 0 Å². The molecule has 0 N–H and O–H groups in total. The monoisotopic (exact) mass is 351 g/mol. The van der Waals surface area contributed by atoms with Crippen molar-refractivity contribution in [3.8, 4) is 0 Å². The zero-order valence-corrected chi connectivity index (χ0v) is 15.2. The molecule has 1 aromatic heterocycles. The second-order valence-corrected chi connectivity index (χ2v) is 8.33. The van der Waals surface area contributed by atoms with Gasteiger partial charge >= 0.3 is 0 Å². The average molecular weight is 351 g/mol. The van der Waals surface area contributed by atoms with Gasteiger partial charge in [0.05, 0.1) is 11.8 Å². The van der Waals surface area contributed by atoms with E-state index in [2.05, 4.69) is 17.3 Å². The first-order valence-corrected chi connectivity index (χ1v) is 9.83. The largest absolute Gasteiger partial charge is 0.341 e. The first-order valence-electron chi connectivity index (χ1n) is 9.83. The topological polar surface area (TPSA) is 59.2 Å². The van der Waals surface area contributed by atoms with Crippen LogP contribution in [0.15, 0.2) is 34.9 Å². The molecule has 3 aliphatic rings. The third-order valence-electron chi connectivity index (χ3n) is 6.53. The van der Waals surface area contributed by atoms with Crippen molar-refractivity contribution in [3.63, 3.8) is 0 Å². The number of benzene rings is 1. The predicted molar refractivity (Wildman–Crippen MR) is 96.3 cm³/mol. The van der Waals surface area contributed by atoms with Gasteiger partial charge in [-0.05, 0) is 49.5 Å². The van der Waals surface area contributed by atoms with Crippen LogP contribution in [0.5, 0.6) is 0 Å². The molecule has 4 atom stereocenters. The molecule has 3 fully saturated rings. The lowest BCUT2D eigenvalue weighted by atomic mass is 9.78. The van der Waals surface area contributed by atoms with Crippen LogP contribution in [0.4, 0.5) is 0 Å². The fourth-order valence-electron chi connectivity index (χ4n) is 5.08. The van der Waals surface area contributed by atoms with E-state index in [1.807, 2.05) is 30.1 Å². The van der Waals surface area contributed by atoms with Crippen LogP contribution in [-0.4, -0.2) is 28.0 Å². The van der Waals surface area contributed by atoms with Gasteiger partial charge in [0, 0.05) is 19.5 Å². The number of fused-ring (bicyclic) bond motifs is 2. The molecule has 3 saturated carbocycles. The quantitative estimate of drug-likeness (QED) is 0.823. The number of hydrogen-bond donors (Lipinski definition) is 0. The Morgan fingerprint density at radius 1 is 1.15 bits per heavy atom. The molecular formula is C21H25N3O2. The highest BCUT2D eigenvalue weighted by molar-refractivity contribution is 5.80. The van der Waals surface area contributed by atoms with Gasteiger partial charge in [0.15, 0.2) is 5.82 Å². The van der Waals surface area contributed by atoms with E-state index in [1.54, 1.807) is 0 Å². The fourth-order valence-corrected chi connectivity index (χ4v) is 5.08. The summed E-state index contributed by atoms with van der Waals surface area (Å²) >= 11 is 0. The van der Waals surface area contributed by atoms with Crippen LogP contribution in [-0.2, 0) is 11.3 Å². The van der Waals surface area contributed by atoms with Gasteiger partial charge in [-0.3, -0.25) is 4.79 Å². The van der Waals surface area contributed by atoms with Gasteiger partial charge in [-0.2, -0.15) is 4.98 Å². The summed E-state index contributed by atoms with van der Waals surface area (Å²) < 4.78 is 5.65. The van der Waals surface area contributed by atoms with Crippen LogP contribution < -0.4 is 0 Å². The minimum absolute atomic E-state index is 0.00466. The van der Waals surface area contributed by atoms with Gasteiger partial charge in [-0.15, -0.1) is 0 Å². The summed E-state index contributed by atoms with van der Waals surface area (Å²) in [5.41, 5.74) is 1.16. The van der Waals surface area contributed by atoms with Gasteiger partial charge in [0.25, 0.3) is 0 Å². The molecule has 2 bridgehead atoms. The van der Waals surface area contributed by atoms with E-state index in [1.165, 1.54) is 6.42 Å². The molecule has 5 nitrogen and oxygen atoms in total. The number of carbonyl (C=O) groups is 1. The maximum atomic E-state index is 13.3. The molecule has 1 heterocycles. The molecule has 5 heteroatoms. The highest BCUT2D eigenvalue weighted by Crippen LogP contribution is 2.57. The molecule has 1 amide bonds. The summed E-state index contributed by atoms with van der Waals surface area (Å²) in [7, 11) is 1.92. The second kappa shape index (κ2) is 6.22. The average Bonchev–Trinajstić information content (AvgIpc) is 3.08. The van der Waals surface area contributed by atoms with E-state index in [0.717, 1.165) is 37.1 Å². The van der Waals surface area contributed by atoms with Gasteiger partial charge < -0.3 is 9.42 Å². The summed E-state index contributed by atoms with van der Waals surface area (Å²) in [6.45, 7) is 0.650. The van der Waals surface area contributed by atoms with Crippen molar-refractivity contribution in [2.75, 3.05) is 7.05 Å². The van der Waals surface area contributed by atoms with Crippen molar-refractivity contribution < 1.29 is 9.32 Å². The van der Waals surface area contributed by atoms with E-state index in [9.17, 15) is 4.79 Å². The molecule has 0 saturated heterocycles. The Hall–Kier alpha value is -2.17. The first kappa shape index (κ1) is 16.0. The minimum Gasteiger partial charge on any atom is -0.341 e. The molecule has 5 rings (SSSR count). The summed E-state index contributed by atoms with van der Waals surface area (Å²) in [6, 6.07) is 10.2. The number of rotatable bonds is 5. The highest BCUT2D eigenvalue weighted by atomic mass is 16.5. The van der Waals surface area contributed by atoms with Crippen molar-refractivity contribution in [2.24, 2.45) is 17.8 Å². The highest BCUT2D eigenvalue weighted by Gasteiger charge is 2.54. The van der Waals surface area contributed by atoms with E-state index in [4.69, 9.17) is 9.51 Å². The van der Waals surface area contributed by atoms with Gasteiger partial charge in [-0.25, -0.2) is 0 Å². The lowest BCUT2D eigenvalue weighted by molar-refractivity contribution is -0.137. The Kier molecular flexibility index (Phi) is 3.84. The molecule has 3 aliphatic carbocycles. The third-order valence-corrected chi connectivity index (χ3v) is 6.53. The molecule has 0 radical (unpaired) electrons. The fraction of sp³-hybridized carbons (Fsp3) is 0.571. The number of carbonyl (C=O) groups excluding carboxylic acids is 1. The second-order valence-electron chi connectivity index (χ2n) is 8.33. The summed E-state index contributed by atoms with van der Waals surface area (Å²) in [6.07, 6.45) is 5.79. The SMILES string of the molecule is CN(Cc1ccccc1)C(=O)[C@H]1[C@H]2CC[C@H](C2)[C@@H]1c1nc(C2CC2)no1. The lowest BCUT2D eigenvalue weighted by Crippen LogP contribution is -2.38. The zero-order valence-electron chi connectivity index (χ0n) is 15.2. The van der Waals surface area contributed by atoms with Crippen LogP contribution in [0, 0.1) is 17.8 Å². The Labute approximate surface area is 153 Å². The molecule has 26 heavy (non-hydrogen) atoms. The molecule has 2 aromatic rings. The van der Waals surface area contributed by atoms with Crippen molar-refractivity contribution in [1.82, 2.24) is 15.0 Å². The van der Waals surface area contributed by atoms with Crippen LogP contribution in [0.25, 0.3) is 0 Å². The molecule has 1 aromatic carbocycles. The number of aromatic nitrogens is 2. The lowest BCUT2D eigenvalue weighted by Gasteiger charge is -2.31. The van der Waals surface area contributed by atoms with E-state index >= 15 is 0 Å². The van der Waals surface area contributed by atoms with Crippen molar-refractivity contribution in [2.45, 2.75) is 50.5 Å². The Balaban J connectivity index is 1.37. The Bertz CT molecular complexity index is 799. The first-order chi connectivity index (χ1) is 12.7. The normalized spacial score (nSPS) is 29.9. The number of hydrogen-bond acceptors (Lipinski definition) is 4. The van der Waals surface area contributed by atoms with Crippen LogP contribution >= 0.6 is 0 Å². The Morgan fingerprint density at radius 3 is 2.69 bits per heavy atom. The summed E-state index contributed by atoms with van der Waals surface area (Å²) in [5.74, 6) is 3.38. The van der Waals surface area contributed by atoms with E-state index in [0.29, 0.717) is 30.2 Å². The predicted octanol–water partition coefficient (Wildman–Crippen LogP) is 3.74. The zero-order chi connectivity index (χ0) is 17.7. The molecule has 0 unspecified atom stereocenters.